The summed E-state index contributed by atoms with van der Waals surface area (Å²) in [6.45, 7) is 1.90. The fourth-order valence-electron chi connectivity index (χ4n) is 2.48. The zero-order chi connectivity index (χ0) is 18.1. The van der Waals surface area contributed by atoms with E-state index in [1.807, 2.05) is 13.0 Å². The van der Waals surface area contributed by atoms with Crippen molar-refractivity contribution in [2.45, 2.75) is 13.3 Å². The van der Waals surface area contributed by atoms with Crippen LogP contribution in [0.5, 0.6) is 0 Å². The van der Waals surface area contributed by atoms with Gasteiger partial charge >= 0.3 is 0 Å². The third-order valence-corrected chi connectivity index (χ3v) is 4.39. The summed E-state index contributed by atoms with van der Waals surface area (Å²) in [4.78, 5) is 27.6. The lowest BCUT2D eigenvalue weighted by molar-refractivity contribution is -0.384. The number of halogens is 2. The molecular formula is C16H12BrClN4O3. The maximum absolute atomic E-state index is 12.8. The Kier molecular flexibility index (Phi) is 4.73. The molecule has 0 fully saturated rings. The van der Waals surface area contributed by atoms with Gasteiger partial charge in [0.15, 0.2) is 0 Å². The molecule has 25 heavy (non-hydrogen) atoms. The highest BCUT2D eigenvalue weighted by molar-refractivity contribution is 9.10. The number of aromatic nitrogens is 2. The van der Waals surface area contributed by atoms with Gasteiger partial charge < -0.3 is 5.32 Å². The van der Waals surface area contributed by atoms with Gasteiger partial charge in [-0.25, -0.2) is 4.98 Å². The lowest BCUT2D eigenvalue weighted by Gasteiger charge is -2.07. The molecule has 0 aliphatic rings. The quantitative estimate of drug-likeness (QED) is 0.495. The molecule has 9 heteroatoms. The number of carbonyl (C=O) groups is 1. The average molecular weight is 424 g/mol. The Balaban J connectivity index is 2.02. The predicted molar refractivity (Wildman–Crippen MR) is 98.3 cm³/mol. The first-order valence-electron chi connectivity index (χ1n) is 7.32. The summed E-state index contributed by atoms with van der Waals surface area (Å²) in [5.74, 6) is -0.404. The zero-order valence-electron chi connectivity index (χ0n) is 13.0. The van der Waals surface area contributed by atoms with Crippen molar-refractivity contribution in [2.75, 3.05) is 5.32 Å². The van der Waals surface area contributed by atoms with Gasteiger partial charge in [-0.05, 0) is 46.6 Å². The van der Waals surface area contributed by atoms with E-state index in [9.17, 15) is 14.9 Å². The Labute approximate surface area is 155 Å². The number of nitrogens with zero attached hydrogens (tertiary/aromatic N) is 3. The molecular weight excluding hydrogens is 412 g/mol. The number of amides is 1. The van der Waals surface area contributed by atoms with Crippen LogP contribution in [0.4, 0.5) is 11.4 Å². The lowest BCUT2D eigenvalue weighted by atomic mass is 10.2. The van der Waals surface area contributed by atoms with Gasteiger partial charge in [-0.3, -0.25) is 19.3 Å². The van der Waals surface area contributed by atoms with E-state index in [4.69, 9.17) is 11.6 Å². The topological polar surface area (TPSA) is 89.5 Å². The number of anilines is 1. The number of benzene rings is 1. The molecule has 0 bridgehead atoms. The Bertz CT molecular complexity index is 1000. The van der Waals surface area contributed by atoms with Gasteiger partial charge in [-0.15, -0.1) is 0 Å². The highest BCUT2D eigenvalue weighted by Gasteiger charge is 2.20. The molecule has 0 atom stereocenters. The number of carbonyl (C=O) groups excluding carboxylic acids is 1. The number of nitro benzene ring substituents is 1. The van der Waals surface area contributed by atoms with E-state index in [1.54, 1.807) is 16.7 Å². The van der Waals surface area contributed by atoms with Crippen molar-refractivity contribution < 1.29 is 9.72 Å². The summed E-state index contributed by atoms with van der Waals surface area (Å²) in [6, 6.07) is 7.75. The van der Waals surface area contributed by atoms with Crippen molar-refractivity contribution in [1.82, 2.24) is 9.38 Å². The summed E-state index contributed by atoms with van der Waals surface area (Å²) in [7, 11) is 0. The number of hydrogen-bond donors (Lipinski definition) is 1. The van der Waals surface area contributed by atoms with Crippen LogP contribution in [0.2, 0.25) is 5.02 Å². The van der Waals surface area contributed by atoms with E-state index >= 15 is 0 Å². The van der Waals surface area contributed by atoms with Gasteiger partial charge in [0.05, 0.1) is 10.6 Å². The summed E-state index contributed by atoms with van der Waals surface area (Å²) >= 11 is 9.17. The monoisotopic (exact) mass is 422 g/mol. The van der Waals surface area contributed by atoms with Crippen LogP contribution in [-0.2, 0) is 6.42 Å². The number of imidazole rings is 1. The molecule has 2 heterocycles. The van der Waals surface area contributed by atoms with E-state index in [-0.39, 0.29) is 16.4 Å². The third-order valence-electron chi connectivity index (χ3n) is 3.61. The molecule has 0 saturated carbocycles. The molecule has 0 radical (unpaired) electrons. The van der Waals surface area contributed by atoms with Crippen molar-refractivity contribution in [3.63, 3.8) is 0 Å². The summed E-state index contributed by atoms with van der Waals surface area (Å²) in [5, 5.41) is 13.7. The smallest absolute Gasteiger partial charge is 0.289 e. The van der Waals surface area contributed by atoms with Crippen LogP contribution in [0.3, 0.4) is 0 Å². The van der Waals surface area contributed by atoms with Crippen molar-refractivity contribution in [3.8, 4) is 0 Å². The number of aryl methyl sites for hydroxylation is 1. The maximum Gasteiger partial charge on any atom is 0.289 e. The van der Waals surface area contributed by atoms with E-state index in [0.717, 1.165) is 4.47 Å². The highest BCUT2D eigenvalue weighted by Crippen LogP contribution is 2.28. The minimum absolute atomic E-state index is 0.0102. The second-order valence-electron chi connectivity index (χ2n) is 5.21. The molecule has 0 saturated heterocycles. The molecule has 7 nitrogen and oxygen atoms in total. The standard InChI is InChI=1S/C16H12BrClN4O3/c1-2-12-15(21-8-9(17)3-6-14(21)20-12)16(23)19-10-4-5-11(18)13(7-10)22(24)25/h3-8H,2H2,1H3,(H,19,23). The largest absolute Gasteiger partial charge is 0.320 e. The van der Waals surface area contributed by atoms with Gasteiger partial charge in [0, 0.05) is 22.4 Å². The molecule has 1 aromatic carbocycles. The van der Waals surface area contributed by atoms with Crippen LogP contribution >= 0.6 is 27.5 Å². The maximum atomic E-state index is 12.8. The van der Waals surface area contributed by atoms with Crippen molar-refractivity contribution in [2.24, 2.45) is 0 Å². The van der Waals surface area contributed by atoms with E-state index < -0.39 is 10.8 Å². The fraction of sp³-hybridized carbons (Fsp3) is 0.125. The predicted octanol–water partition coefficient (Wildman–Crippen LogP) is 4.47. The number of pyridine rings is 1. The van der Waals surface area contributed by atoms with Crippen molar-refractivity contribution >= 4 is 50.5 Å². The number of nitrogens with one attached hydrogen (secondary N) is 1. The first kappa shape index (κ1) is 17.4. The molecule has 2 aromatic heterocycles. The van der Waals surface area contributed by atoms with Gasteiger partial charge in [0.1, 0.15) is 16.4 Å². The SMILES string of the molecule is CCc1nc2ccc(Br)cn2c1C(=O)Nc1ccc(Cl)c([N+](=O)[O-])c1. The van der Waals surface area contributed by atoms with Gasteiger partial charge in [-0.2, -0.15) is 0 Å². The van der Waals surface area contributed by atoms with Gasteiger partial charge in [0.2, 0.25) is 0 Å². The first-order valence-corrected chi connectivity index (χ1v) is 8.49. The molecule has 3 aromatic rings. The number of fused-ring (bicyclic) bond motifs is 1. The first-order chi connectivity index (χ1) is 11.9. The van der Waals surface area contributed by atoms with Gasteiger partial charge in [-0.1, -0.05) is 18.5 Å². The summed E-state index contributed by atoms with van der Waals surface area (Å²) in [5.41, 5.74) is 1.69. The van der Waals surface area contributed by atoms with Crippen LogP contribution in [0, 0.1) is 10.1 Å². The average Bonchev–Trinajstić information content (AvgIpc) is 2.94. The molecule has 1 amide bonds. The molecule has 128 valence electrons. The van der Waals surface area contributed by atoms with Crippen LogP contribution < -0.4 is 5.32 Å². The second-order valence-corrected chi connectivity index (χ2v) is 6.54. The van der Waals surface area contributed by atoms with Crippen molar-refractivity contribution in [3.05, 3.63) is 67.5 Å². The van der Waals surface area contributed by atoms with Crippen LogP contribution in [0.25, 0.3) is 5.65 Å². The Morgan fingerprint density at radius 3 is 2.84 bits per heavy atom. The Hall–Kier alpha value is -2.45. The molecule has 1 N–H and O–H groups in total. The lowest BCUT2D eigenvalue weighted by Crippen LogP contribution is -2.16. The minimum Gasteiger partial charge on any atom is -0.320 e. The summed E-state index contributed by atoms with van der Waals surface area (Å²) in [6.07, 6.45) is 2.32. The van der Waals surface area contributed by atoms with E-state index in [1.165, 1.54) is 18.2 Å². The number of nitro groups is 1. The van der Waals surface area contributed by atoms with Crippen LogP contribution in [0.1, 0.15) is 23.1 Å². The Morgan fingerprint density at radius 1 is 1.40 bits per heavy atom. The molecule has 0 aliphatic carbocycles. The van der Waals surface area contributed by atoms with Crippen molar-refractivity contribution in [1.29, 1.82) is 0 Å². The third kappa shape index (κ3) is 3.35. The number of rotatable bonds is 4. The van der Waals surface area contributed by atoms with E-state index in [2.05, 4.69) is 26.2 Å². The molecule has 0 spiro atoms. The van der Waals surface area contributed by atoms with E-state index in [0.29, 0.717) is 23.5 Å². The molecule has 3 rings (SSSR count). The van der Waals surface area contributed by atoms with Crippen LogP contribution in [0.15, 0.2) is 41.0 Å². The summed E-state index contributed by atoms with van der Waals surface area (Å²) < 4.78 is 2.49. The minimum atomic E-state index is -0.596. The normalized spacial score (nSPS) is 10.8. The number of hydrogen-bond acceptors (Lipinski definition) is 4. The van der Waals surface area contributed by atoms with Crippen LogP contribution in [-0.4, -0.2) is 20.2 Å². The highest BCUT2D eigenvalue weighted by atomic mass is 79.9. The molecule has 0 aliphatic heterocycles. The zero-order valence-corrected chi connectivity index (χ0v) is 15.3. The molecule has 0 unspecified atom stereocenters. The fourth-order valence-corrected chi connectivity index (χ4v) is 3.00. The Morgan fingerprint density at radius 2 is 2.16 bits per heavy atom. The van der Waals surface area contributed by atoms with Gasteiger partial charge in [0.25, 0.3) is 11.6 Å². The second kappa shape index (κ2) is 6.81.